The summed E-state index contributed by atoms with van der Waals surface area (Å²) in [6.07, 6.45) is 0. The summed E-state index contributed by atoms with van der Waals surface area (Å²) in [5.74, 6) is -0.922. The van der Waals surface area contributed by atoms with Crippen LogP contribution < -0.4 is 5.73 Å². The van der Waals surface area contributed by atoms with Crippen molar-refractivity contribution >= 4 is 33.1 Å². The van der Waals surface area contributed by atoms with Gasteiger partial charge in [0.05, 0.1) is 26.8 Å². The van der Waals surface area contributed by atoms with Gasteiger partial charge in [-0.15, -0.1) is 0 Å². The molecule has 5 nitrogen and oxygen atoms in total. The number of hydrogen-bond donors (Lipinski definition) is 1. The molecule has 0 amide bonds. The van der Waals surface area contributed by atoms with Gasteiger partial charge in [0.2, 0.25) is 0 Å². The third-order valence-electron chi connectivity index (χ3n) is 2.77. The first-order valence-corrected chi connectivity index (χ1v) is 8.02. The Morgan fingerprint density at radius 2 is 1.95 bits per heavy atom. The normalized spacial score (nSPS) is 12.2. The molecule has 0 heterocycles. The second-order valence-corrected chi connectivity index (χ2v) is 8.52. The van der Waals surface area contributed by atoms with Crippen LogP contribution in [0, 0.1) is 0 Å². The summed E-state index contributed by atoms with van der Waals surface area (Å²) in [6, 6.07) is 4.60. The Bertz CT molecular complexity index is 605. The van der Waals surface area contributed by atoms with Crippen molar-refractivity contribution in [2.75, 3.05) is 18.1 Å². The van der Waals surface area contributed by atoms with Gasteiger partial charge in [-0.05, 0) is 32.9 Å². The zero-order valence-corrected chi connectivity index (χ0v) is 13.2. The Morgan fingerprint density at radius 3 is 2.50 bits per heavy atom. The summed E-state index contributed by atoms with van der Waals surface area (Å²) in [5.41, 5.74) is 5.97. The highest BCUT2D eigenvalue weighted by molar-refractivity contribution is 7.92. The molecule has 0 fully saturated rings. The van der Waals surface area contributed by atoms with E-state index in [9.17, 15) is 13.2 Å². The van der Waals surface area contributed by atoms with E-state index in [0.717, 1.165) is 0 Å². The predicted octanol–water partition coefficient (Wildman–Crippen LogP) is 2.29. The standard InChI is InChI=1S/C13H18ClNO4S/c1-13(2,3)20(17,18)8-7-19-12(16)9-5-4-6-10(15)11(9)14/h4-6H,7-8,15H2,1-3H3. The first-order chi connectivity index (χ1) is 9.06. The summed E-state index contributed by atoms with van der Waals surface area (Å²) < 4.78 is 27.8. The fourth-order valence-electron chi connectivity index (χ4n) is 1.34. The second-order valence-electron chi connectivity index (χ2n) is 5.28. The van der Waals surface area contributed by atoms with Crippen molar-refractivity contribution in [3.05, 3.63) is 28.8 Å². The van der Waals surface area contributed by atoms with Gasteiger partial charge in [0, 0.05) is 0 Å². The van der Waals surface area contributed by atoms with Gasteiger partial charge in [-0.2, -0.15) is 0 Å². The number of carbonyl (C=O) groups is 1. The molecule has 20 heavy (non-hydrogen) atoms. The molecule has 0 bridgehead atoms. The average molecular weight is 320 g/mol. The molecule has 0 aliphatic carbocycles. The largest absolute Gasteiger partial charge is 0.461 e. The van der Waals surface area contributed by atoms with E-state index < -0.39 is 20.6 Å². The summed E-state index contributed by atoms with van der Waals surface area (Å²) in [6.45, 7) is 4.57. The van der Waals surface area contributed by atoms with Gasteiger partial charge in [0.25, 0.3) is 0 Å². The molecule has 2 N–H and O–H groups in total. The summed E-state index contributed by atoms with van der Waals surface area (Å²) >= 11 is 5.89. The maximum Gasteiger partial charge on any atom is 0.339 e. The van der Waals surface area contributed by atoms with Gasteiger partial charge in [0.15, 0.2) is 9.84 Å². The van der Waals surface area contributed by atoms with Crippen LogP contribution in [0.3, 0.4) is 0 Å². The molecule has 7 heteroatoms. The highest BCUT2D eigenvalue weighted by Crippen LogP contribution is 2.23. The Kier molecular flexibility index (Phi) is 5.05. The summed E-state index contributed by atoms with van der Waals surface area (Å²) in [4.78, 5) is 11.8. The number of carbonyl (C=O) groups excluding carboxylic acids is 1. The number of ether oxygens (including phenoxy) is 1. The summed E-state index contributed by atoms with van der Waals surface area (Å²) in [7, 11) is -3.33. The molecular weight excluding hydrogens is 302 g/mol. The van der Waals surface area contributed by atoms with Crippen LogP contribution in [0.4, 0.5) is 5.69 Å². The molecule has 0 unspecified atom stereocenters. The first-order valence-electron chi connectivity index (χ1n) is 5.99. The third kappa shape index (κ3) is 3.86. The van der Waals surface area contributed by atoms with E-state index in [4.69, 9.17) is 22.1 Å². The molecule has 0 radical (unpaired) electrons. The van der Waals surface area contributed by atoms with E-state index >= 15 is 0 Å². The lowest BCUT2D eigenvalue weighted by Gasteiger charge is -2.18. The topological polar surface area (TPSA) is 86.5 Å². The quantitative estimate of drug-likeness (QED) is 0.679. The number of anilines is 1. The van der Waals surface area contributed by atoms with Crippen LogP contribution in [-0.4, -0.2) is 31.5 Å². The lowest BCUT2D eigenvalue weighted by Crippen LogP contribution is -2.32. The van der Waals surface area contributed by atoms with Gasteiger partial charge in [-0.1, -0.05) is 17.7 Å². The number of nitrogens with two attached hydrogens (primary N) is 1. The molecule has 1 rings (SSSR count). The molecule has 0 aliphatic heterocycles. The number of nitrogen functional groups attached to an aromatic ring is 1. The SMILES string of the molecule is CC(C)(C)S(=O)(=O)CCOC(=O)c1cccc(N)c1Cl. The number of benzene rings is 1. The van der Waals surface area contributed by atoms with E-state index in [-0.39, 0.29) is 28.6 Å². The number of hydrogen-bond acceptors (Lipinski definition) is 5. The molecular formula is C13H18ClNO4S. The molecule has 0 saturated carbocycles. The monoisotopic (exact) mass is 319 g/mol. The van der Waals surface area contributed by atoms with Gasteiger partial charge in [-0.3, -0.25) is 0 Å². The zero-order valence-electron chi connectivity index (χ0n) is 11.6. The van der Waals surface area contributed by atoms with Crippen molar-refractivity contribution in [1.82, 2.24) is 0 Å². The Labute approximate surface area is 124 Å². The Morgan fingerprint density at radius 1 is 1.35 bits per heavy atom. The highest BCUT2D eigenvalue weighted by Gasteiger charge is 2.29. The van der Waals surface area contributed by atoms with Crippen LogP contribution in [0.15, 0.2) is 18.2 Å². The van der Waals surface area contributed by atoms with Crippen LogP contribution in [0.5, 0.6) is 0 Å². The lowest BCUT2D eigenvalue weighted by atomic mass is 10.2. The van der Waals surface area contributed by atoms with E-state index in [1.807, 2.05) is 0 Å². The lowest BCUT2D eigenvalue weighted by molar-refractivity contribution is 0.0529. The van der Waals surface area contributed by atoms with E-state index in [2.05, 4.69) is 0 Å². The molecule has 0 spiro atoms. The van der Waals surface area contributed by atoms with Crippen LogP contribution >= 0.6 is 11.6 Å². The second kappa shape index (κ2) is 6.01. The molecule has 0 aromatic heterocycles. The fraction of sp³-hybridized carbons (Fsp3) is 0.462. The number of sulfone groups is 1. The number of halogens is 1. The Hall–Kier alpha value is -1.27. The maximum atomic E-state index is 11.9. The van der Waals surface area contributed by atoms with Gasteiger partial charge in [0.1, 0.15) is 6.61 Å². The molecule has 0 atom stereocenters. The van der Waals surface area contributed by atoms with Crippen LogP contribution in [0.25, 0.3) is 0 Å². The van der Waals surface area contributed by atoms with Crippen LogP contribution in [0.2, 0.25) is 5.02 Å². The van der Waals surface area contributed by atoms with Crippen molar-refractivity contribution in [3.8, 4) is 0 Å². The van der Waals surface area contributed by atoms with Gasteiger partial charge < -0.3 is 10.5 Å². The zero-order chi connectivity index (χ0) is 15.6. The Balaban J connectivity index is 2.68. The number of rotatable bonds is 4. The van der Waals surface area contributed by atoms with E-state index in [1.54, 1.807) is 32.9 Å². The molecule has 112 valence electrons. The van der Waals surface area contributed by atoms with E-state index in [1.165, 1.54) is 6.07 Å². The number of esters is 1. The smallest absolute Gasteiger partial charge is 0.339 e. The molecule has 1 aromatic rings. The van der Waals surface area contributed by atoms with Crippen molar-refractivity contribution in [2.24, 2.45) is 0 Å². The van der Waals surface area contributed by atoms with Crippen molar-refractivity contribution in [3.63, 3.8) is 0 Å². The van der Waals surface area contributed by atoms with E-state index in [0.29, 0.717) is 0 Å². The van der Waals surface area contributed by atoms with Crippen LogP contribution in [-0.2, 0) is 14.6 Å². The minimum Gasteiger partial charge on any atom is -0.461 e. The average Bonchev–Trinajstić information content (AvgIpc) is 2.30. The van der Waals surface area contributed by atoms with Crippen LogP contribution in [0.1, 0.15) is 31.1 Å². The predicted molar refractivity (Wildman–Crippen MR) is 79.7 cm³/mol. The fourth-order valence-corrected chi connectivity index (χ4v) is 2.45. The van der Waals surface area contributed by atoms with Gasteiger partial charge >= 0.3 is 5.97 Å². The minimum atomic E-state index is -3.33. The molecule has 1 aromatic carbocycles. The van der Waals surface area contributed by atoms with Gasteiger partial charge in [-0.25, -0.2) is 13.2 Å². The van der Waals surface area contributed by atoms with Crippen molar-refractivity contribution in [2.45, 2.75) is 25.5 Å². The van der Waals surface area contributed by atoms with Crippen molar-refractivity contribution < 1.29 is 17.9 Å². The molecule has 0 saturated heterocycles. The highest BCUT2D eigenvalue weighted by atomic mass is 35.5. The minimum absolute atomic E-state index is 0.108. The molecule has 0 aliphatic rings. The summed E-state index contributed by atoms with van der Waals surface area (Å²) in [5, 5.41) is 0.108. The third-order valence-corrected chi connectivity index (χ3v) is 5.76. The first kappa shape index (κ1) is 16.8. The maximum absolute atomic E-state index is 11.9. The van der Waals surface area contributed by atoms with Crippen molar-refractivity contribution in [1.29, 1.82) is 0 Å².